The topological polar surface area (TPSA) is 64.5 Å². The van der Waals surface area contributed by atoms with E-state index in [-0.39, 0.29) is 5.75 Å². The van der Waals surface area contributed by atoms with E-state index in [2.05, 4.69) is 42.7 Å². The van der Waals surface area contributed by atoms with Crippen LogP contribution in [-0.4, -0.2) is 29.8 Å². The van der Waals surface area contributed by atoms with Gasteiger partial charge in [-0.1, -0.05) is 36.4 Å². The minimum Gasteiger partial charge on any atom is -0.508 e. The lowest BCUT2D eigenvalue weighted by Crippen LogP contribution is -2.27. The SMILES string of the molecule is Cc1cccc(C)c1NCCNCC(O)c1ccccc1O. The third-order valence-corrected chi connectivity index (χ3v) is 3.72. The molecule has 0 bridgehead atoms. The number of hydrogen-bond donors (Lipinski definition) is 4. The van der Waals surface area contributed by atoms with Crippen molar-refractivity contribution in [3.8, 4) is 5.75 Å². The zero-order chi connectivity index (χ0) is 15.9. The van der Waals surface area contributed by atoms with Crippen LogP contribution in [0.15, 0.2) is 42.5 Å². The largest absolute Gasteiger partial charge is 0.508 e. The Labute approximate surface area is 131 Å². The third-order valence-electron chi connectivity index (χ3n) is 3.72. The average Bonchev–Trinajstić information content (AvgIpc) is 2.49. The summed E-state index contributed by atoms with van der Waals surface area (Å²) in [6.45, 7) is 6.10. The zero-order valence-corrected chi connectivity index (χ0v) is 13.1. The van der Waals surface area contributed by atoms with Crippen molar-refractivity contribution < 1.29 is 10.2 Å². The van der Waals surface area contributed by atoms with Gasteiger partial charge in [0, 0.05) is 30.9 Å². The van der Waals surface area contributed by atoms with E-state index in [1.54, 1.807) is 24.3 Å². The van der Waals surface area contributed by atoms with E-state index in [4.69, 9.17) is 0 Å². The Kier molecular flexibility index (Phi) is 5.81. The lowest BCUT2D eigenvalue weighted by Gasteiger charge is -2.15. The molecule has 0 saturated heterocycles. The quantitative estimate of drug-likeness (QED) is 0.594. The fourth-order valence-electron chi connectivity index (χ4n) is 2.49. The van der Waals surface area contributed by atoms with Crippen molar-refractivity contribution in [2.45, 2.75) is 20.0 Å². The summed E-state index contributed by atoms with van der Waals surface area (Å²) in [6, 6.07) is 13.1. The Morgan fingerprint density at radius 2 is 1.64 bits per heavy atom. The van der Waals surface area contributed by atoms with E-state index in [0.717, 1.165) is 13.1 Å². The monoisotopic (exact) mass is 300 g/mol. The second-order valence-corrected chi connectivity index (χ2v) is 5.47. The van der Waals surface area contributed by atoms with Gasteiger partial charge in [-0.3, -0.25) is 0 Å². The molecular formula is C18H24N2O2. The van der Waals surface area contributed by atoms with Crippen LogP contribution in [0.4, 0.5) is 5.69 Å². The number of para-hydroxylation sites is 2. The predicted octanol–water partition coefficient (Wildman–Crippen LogP) is 2.74. The van der Waals surface area contributed by atoms with Crippen LogP contribution in [0.3, 0.4) is 0 Å². The number of aliphatic hydroxyl groups is 1. The fourth-order valence-corrected chi connectivity index (χ4v) is 2.49. The van der Waals surface area contributed by atoms with Crippen molar-refractivity contribution in [2.75, 3.05) is 25.0 Å². The van der Waals surface area contributed by atoms with Gasteiger partial charge in [-0.05, 0) is 31.0 Å². The molecule has 118 valence electrons. The van der Waals surface area contributed by atoms with Crippen LogP contribution >= 0.6 is 0 Å². The molecule has 4 heteroatoms. The number of anilines is 1. The molecular weight excluding hydrogens is 276 g/mol. The number of hydrogen-bond acceptors (Lipinski definition) is 4. The van der Waals surface area contributed by atoms with E-state index in [9.17, 15) is 10.2 Å². The number of phenols is 1. The van der Waals surface area contributed by atoms with Gasteiger partial charge in [-0.15, -0.1) is 0 Å². The number of rotatable bonds is 7. The Balaban J connectivity index is 1.75. The zero-order valence-electron chi connectivity index (χ0n) is 13.1. The Hall–Kier alpha value is -2.04. The molecule has 2 aromatic rings. The fraction of sp³-hybridized carbons (Fsp3) is 0.333. The van der Waals surface area contributed by atoms with Gasteiger partial charge in [0.1, 0.15) is 5.75 Å². The van der Waals surface area contributed by atoms with Crippen molar-refractivity contribution in [2.24, 2.45) is 0 Å². The molecule has 0 saturated carbocycles. The van der Waals surface area contributed by atoms with Gasteiger partial charge in [0.05, 0.1) is 6.10 Å². The van der Waals surface area contributed by atoms with Gasteiger partial charge in [0.2, 0.25) is 0 Å². The maximum atomic E-state index is 10.1. The van der Waals surface area contributed by atoms with E-state index in [1.807, 2.05) is 0 Å². The van der Waals surface area contributed by atoms with Crippen molar-refractivity contribution >= 4 is 5.69 Å². The Morgan fingerprint density at radius 3 is 2.32 bits per heavy atom. The van der Waals surface area contributed by atoms with Gasteiger partial charge in [-0.25, -0.2) is 0 Å². The first-order valence-corrected chi connectivity index (χ1v) is 7.56. The van der Waals surface area contributed by atoms with Gasteiger partial charge < -0.3 is 20.8 Å². The maximum Gasteiger partial charge on any atom is 0.121 e. The lowest BCUT2D eigenvalue weighted by atomic mass is 10.1. The van der Waals surface area contributed by atoms with Gasteiger partial charge in [0.15, 0.2) is 0 Å². The number of aromatic hydroxyl groups is 1. The first kappa shape index (κ1) is 16.3. The van der Waals surface area contributed by atoms with Crippen LogP contribution in [0.1, 0.15) is 22.8 Å². The second-order valence-electron chi connectivity index (χ2n) is 5.47. The summed E-state index contributed by atoms with van der Waals surface area (Å²) in [6.07, 6.45) is -0.707. The van der Waals surface area contributed by atoms with Crippen LogP contribution < -0.4 is 10.6 Å². The molecule has 0 fully saturated rings. The molecule has 1 atom stereocenters. The second kappa shape index (κ2) is 7.82. The van der Waals surface area contributed by atoms with Crippen molar-refractivity contribution in [1.29, 1.82) is 0 Å². The number of nitrogens with one attached hydrogen (secondary N) is 2. The van der Waals surface area contributed by atoms with E-state index >= 15 is 0 Å². The Bertz CT molecular complexity index is 594. The summed E-state index contributed by atoms with van der Waals surface area (Å²) in [7, 11) is 0. The molecule has 4 nitrogen and oxygen atoms in total. The summed E-state index contributed by atoms with van der Waals surface area (Å²) in [5.41, 5.74) is 4.19. The van der Waals surface area contributed by atoms with Gasteiger partial charge >= 0.3 is 0 Å². The molecule has 4 N–H and O–H groups in total. The smallest absolute Gasteiger partial charge is 0.121 e. The summed E-state index contributed by atoms with van der Waals surface area (Å²) in [4.78, 5) is 0. The molecule has 2 aromatic carbocycles. The number of aryl methyl sites for hydroxylation is 2. The molecule has 0 aromatic heterocycles. The standard InChI is InChI=1S/C18H24N2O2/c1-13-6-5-7-14(2)18(13)20-11-10-19-12-17(22)15-8-3-4-9-16(15)21/h3-9,17,19-22H,10-12H2,1-2H3. The highest BCUT2D eigenvalue weighted by atomic mass is 16.3. The molecule has 0 heterocycles. The van der Waals surface area contributed by atoms with Crippen LogP contribution in [0, 0.1) is 13.8 Å². The first-order chi connectivity index (χ1) is 10.6. The average molecular weight is 300 g/mol. The first-order valence-electron chi connectivity index (χ1n) is 7.56. The summed E-state index contributed by atoms with van der Waals surface area (Å²) >= 11 is 0. The highest BCUT2D eigenvalue weighted by Crippen LogP contribution is 2.22. The van der Waals surface area contributed by atoms with Gasteiger partial charge in [-0.2, -0.15) is 0 Å². The highest BCUT2D eigenvalue weighted by molar-refractivity contribution is 5.56. The minimum atomic E-state index is -0.707. The van der Waals surface area contributed by atoms with Crippen LogP contribution in [0.5, 0.6) is 5.75 Å². The van der Waals surface area contributed by atoms with Gasteiger partial charge in [0.25, 0.3) is 0 Å². The highest BCUT2D eigenvalue weighted by Gasteiger charge is 2.10. The third kappa shape index (κ3) is 4.23. The van der Waals surface area contributed by atoms with Crippen molar-refractivity contribution in [1.82, 2.24) is 5.32 Å². The van der Waals surface area contributed by atoms with Crippen LogP contribution in [0.25, 0.3) is 0 Å². The molecule has 0 spiro atoms. The van der Waals surface area contributed by atoms with Crippen LogP contribution in [-0.2, 0) is 0 Å². The van der Waals surface area contributed by atoms with Crippen molar-refractivity contribution in [3.63, 3.8) is 0 Å². The molecule has 22 heavy (non-hydrogen) atoms. The normalized spacial score (nSPS) is 12.1. The summed E-state index contributed by atoms with van der Waals surface area (Å²) in [5.74, 6) is 0.130. The van der Waals surface area contributed by atoms with E-state index < -0.39 is 6.10 Å². The number of phenolic OH excluding ortho intramolecular Hbond substituents is 1. The molecule has 2 rings (SSSR count). The number of benzene rings is 2. The molecule has 0 radical (unpaired) electrons. The lowest BCUT2D eigenvalue weighted by molar-refractivity contribution is 0.171. The van der Waals surface area contributed by atoms with Crippen molar-refractivity contribution in [3.05, 3.63) is 59.2 Å². The van der Waals surface area contributed by atoms with E-state index in [0.29, 0.717) is 12.1 Å². The molecule has 0 amide bonds. The maximum absolute atomic E-state index is 10.1. The summed E-state index contributed by atoms with van der Waals surface area (Å²) < 4.78 is 0. The van der Waals surface area contributed by atoms with E-state index in [1.165, 1.54) is 16.8 Å². The molecule has 0 aliphatic heterocycles. The molecule has 1 unspecified atom stereocenters. The minimum absolute atomic E-state index is 0.130. The Morgan fingerprint density at radius 1 is 0.955 bits per heavy atom. The van der Waals surface area contributed by atoms with Crippen LogP contribution in [0.2, 0.25) is 0 Å². The molecule has 0 aliphatic rings. The molecule has 0 aliphatic carbocycles. The number of aliphatic hydroxyl groups excluding tert-OH is 1. The predicted molar refractivity (Wildman–Crippen MR) is 90.3 cm³/mol. The summed E-state index contributed by atoms with van der Waals surface area (Å²) in [5, 5.41) is 26.4.